The van der Waals surface area contributed by atoms with Gasteiger partial charge in [-0.3, -0.25) is 9.59 Å². The zero-order chi connectivity index (χ0) is 21.7. The van der Waals surface area contributed by atoms with Gasteiger partial charge in [0.2, 0.25) is 0 Å². The molecule has 0 bridgehead atoms. The quantitative estimate of drug-likeness (QED) is 0.335. The minimum absolute atomic E-state index is 0.0518. The fourth-order valence-corrected chi connectivity index (χ4v) is 3.09. The number of aryl methyl sites for hydroxylation is 2. The lowest BCUT2D eigenvalue weighted by Crippen LogP contribution is -2.13. The van der Waals surface area contributed by atoms with Gasteiger partial charge >= 0.3 is 17.6 Å². The van der Waals surface area contributed by atoms with Gasteiger partial charge in [0.1, 0.15) is 17.1 Å². The normalized spacial score (nSPS) is 10.6. The van der Waals surface area contributed by atoms with Crippen LogP contribution < -0.4 is 15.1 Å². The van der Waals surface area contributed by atoms with Crippen LogP contribution in [0.2, 0.25) is 0 Å². The lowest BCUT2D eigenvalue weighted by molar-refractivity contribution is -0.140. The molecule has 0 spiro atoms. The van der Waals surface area contributed by atoms with Crippen LogP contribution in [0, 0.1) is 6.92 Å². The van der Waals surface area contributed by atoms with Crippen molar-refractivity contribution < 1.29 is 28.2 Å². The van der Waals surface area contributed by atoms with Crippen LogP contribution in [-0.4, -0.2) is 26.2 Å². The minimum atomic E-state index is -0.488. The van der Waals surface area contributed by atoms with Gasteiger partial charge in [0.15, 0.2) is 0 Å². The predicted molar refractivity (Wildman–Crippen MR) is 110 cm³/mol. The van der Waals surface area contributed by atoms with Crippen molar-refractivity contribution in [2.75, 3.05) is 14.2 Å². The topological polar surface area (TPSA) is 92.0 Å². The van der Waals surface area contributed by atoms with Gasteiger partial charge in [-0.15, -0.1) is 0 Å². The molecular weight excluding hydrogens is 388 g/mol. The number of rotatable bonds is 7. The highest BCUT2D eigenvalue weighted by Gasteiger charge is 2.16. The first-order valence-corrected chi connectivity index (χ1v) is 9.37. The molecule has 0 saturated heterocycles. The van der Waals surface area contributed by atoms with Gasteiger partial charge in [-0.05, 0) is 48.2 Å². The van der Waals surface area contributed by atoms with Gasteiger partial charge in [-0.25, -0.2) is 4.79 Å². The van der Waals surface area contributed by atoms with Crippen molar-refractivity contribution in [2.45, 2.75) is 26.2 Å². The fourth-order valence-electron chi connectivity index (χ4n) is 3.09. The Morgan fingerprint density at radius 3 is 2.40 bits per heavy atom. The Balaban J connectivity index is 1.89. The molecule has 2 aromatic carbocycles. The van der Waals surface area contributed by atoms with Gasteiger partial charge < -0.3 is 18.6 Å². The summed E-state index contributed by atoms with van der Waals surface area (Å²) in [6.45, 7) is 1.79. The molecule has 156 valence electrons. The van der Waals surface area contributed by atoms with Gasteiger partial charge in [0.05, 0.1) is 20.6 Å². The minimum Gasteiger partial charge on any atom is -0.497 e. The summed E-state index contributed by atoms with van der Waals surface area (Å²) in [6.07, 6.45) is 0.490. The molecule has 0 aliphatic carbocycles. The van der Waals surface area contributed by atoms with Crippen LogP contribution in [0.15, 0.2) is 51.7 Å². The lowest BCUT2D eigenvalue weighted by Gasteiger charge is -2.12. The van der Waals surface area contributed by atoms with E-state index in [1.54, 1.807) is 44.4 Å². The Morgan fingerprint density at radius 1 is 1.00 bits per heavy atom. The van der Waals surface area contributed by atoms with E-state index in [0.717, 1.165) is 11.1 Å². The van der Waals surface area contributed by atoms with E-state index in [-0.39, 0.29) is 24.6 Å². The van der Waals surface area contributed by atoms with Crippen molar-refractivity contribution >= 4 is 22.9 Å². The number of hydrogen-bond donors (Lipinski definition) is 0. The van der Waals surface area contributed by atoms with Crippen molar-refractivity contribution in [3.63, 3.8) is 0 Å². The molecule has 0 atom stereocenters. The predicted octanol–water partition coefficient (Wildman–Crippen LogP) is 3.36. The first-order valence-electron chi connectivity index (χ1n) is 9.37. The molecule has 1 aromatic heterocycles. The van der Waals surface area contributed by atoms with Gasteiger partial charge in [-0.2, -0.15) is 0 Å². The van der Waals surface area contributed by atoms with E-state index >= 15 is 0 Å². The van der Waals surface area contributed by atoms with E-state index in [2.05, 4.69) is 0 Å². The number of fused-ring (bicyclic) bond motifs is 1. The zero-order valence-corrected chi connectivity index (χ0v) is 17.0. The fraction of sp³-hybridized carbons (Fsp3) is 0.261. The smallest absolute Gasteiger partial charge is 0.336 e. The zero-order valence-electron chi connectivity index (χ0n) is 17.0. The van der Waals surface area contributed by atoms with Crippen LogP contribution in [0.3, 0.4) is 0 Å². The van der Waals surface area contributed by atoms with E-state index in [1.165, 1.54) is 19.2 Å². The number of hydrogen-bond acceptors (Lipinski definition) is 7. The van der Waals surface area contributed by atoms with Crippen LogP contribution in [0.1, 0.15) is 23.1 Å². The molecule has 3 aromatic rings. The number of esters is 2. The average Bonchev–Trinajstić information content (AvgIpc) is 2.72. The number of ether oxygens (including phenoxy) is 3. The Labute approximate surface area is 173 Å². The van der Waals surface area contributed by atoms with Crippen molar-refractivity contribution in [3.05, 3.63) is 69.6 Å². The maximum atomic E-state index is 12.5. The van der Waals surface area contributed by atoms with Crippen LogP contribution >= 0.6 is 0 Å². The molecule has 1 heterocycles. The average molecular weight is 410 g/mol. The summed E-state index contributed by atoms with van der Waals surface area (Å²) >= 11 is 0. The third-order valence-electron chi connectivity index (χ3n) is 4.69. The second-order valence-corrected chi connectivity index (χ2v) is 6.78. The number of carbonyl (C=O) groups excluding carboxylic acids is 2. The molecule has 7 heteroatoms. The SMILES string of the molecule is COC(=O)CCc1cc2c(C)cc(=O)oc2cc1OC(=O)Cc1ccc(OC)cc1. The molecule has 0 radical (unpaired) electrons. The summed E-state index contributed by atoms with van der Waals surface area (Å²) in [5.41, 5.74) is 1.97. The number of methoxy groups -OCH3 is 2. The van der Waals surface area contributed by atoms with Crippen molar-refractivity contribution in [3.8, 4) is 11.5 Å². The van der Waals surface area contributed by atoms with Crippen molar-refractivity contribution in [1.29, 1.82) is 0 Å². The van der Waals surface area contributed by atoms with Gasteiger partial charge in [0, 0.05) is 23.9 Å². The standard InChI is InChI=1S/C23H22O7/c1-14-10-22(25)30-20-13-19(16(12-18(14)20)6-9-21(24)28-3)29-23(26)11-15-4-7-17(27-2)8-5-15/h4-5,7-8,10,12-13H,6,9,11H2,1-3H3. The molecular formula is C23H22O7. The summed E-state index contributed by atoms with van der Waals surface area (Å²) < 4.78 is 20.6. The Kier molecular flexibility index (Phi) is 6.51. The molecule has 0 saturated carbocycles. The lowest BCUT2D eigenvalue weighted by atomic mass is 10.0. The molecule has 3 rings (SSSR count). The molecule has 0 aliphatic rings. The molecule has 7 nitrogen and oxygen atoms in total. The van der Waals surface area contributed by atoms with Gasteiger partial charge in [0.25, 0.3) is 0 Å². The van der Waals surface area contributed by atoms with Gasteiger partial charge in [-0.1, -0.05) is 12.1 Å². The Bertz CT molecular complexity index is 1130. The van der Waals surface area contributed by atoms with Crippen LogP contribution in [0.5, 0.6) is 11.5 Å². The summed E-state index contributed by atoms with van der Waals surface area (Å²) in [7, 11) is 2.89. The van der Waals surface area contributed by atoms with Crippen molar-refractivity contribution in [2.24, 2.45) is 0 Å². The van der Waals surface area contributed by atoms with E-state index in [9.17, 15) is 14.4 Å². The van der Waals surface area contributed by atoms with E-state index in [4.69, 9.17) is 18.6 Å². The molecule has 0 amide bonds. The molecule has 0 N–H and O–H groups in total. The second-order valence-electron chi connectivity index (χ2n) is 6.78. The first-order chi connectivity index (χ1) is 14.4. The number of benzene rings is 2. The third-order valence-corrected chi connectivity index (χ3v) is 4.69. The molecule has 0 aliphatic heterocycles. The molecule has 30 heavy (non-hydrogen) atoms. The Morgan fingerprint density at radius 2 is 1.73 bits per heavy atom. The number of carbonyl (C=O) groups is 2. The highest BCUT2D eigenvalue weighted by molar-refractivity contribution is 5.84. The molecule has 0 fully saturated rings. The van der Waals surface area contributed by atoms with Crippen LogP contribution in [0.25, 0.3) is 11.0 Å². The summed E-state index contributed by atoms with van der Waals surface area (Å²) in [4.78, 5) is 35.8. The summed E-state index contributed by atoms with van der Waals surface area (Å²) in [5, 5.41) is 0.712. The largest absolute Gasteiger partial charge is 0.497 e. The van der Waals surface area contributed by atoms with E-state index in [0.29, 0.717) is 28.7 Å². The van der Waals surface area contributed by atoms with Crippen LogP contribution in [-0.2, 0) is 27.2 Å². The summed E-state index contributed by atoms with van der Waals surface area (Å²) in [6, 6.07) is 11.8. The monoisotopic (exact) mass is 410 g/mol. The highest BCUT2D eigenvalue weighted by atomic mass is 16.5. The highest BCUT2D eigenvalue weighted by Crippen LogP contribution is 2.29. The third kappa shape index (κ3) is 5.05. The van der Waals surface area contributed by atoms with E-state index < -0.39 is 11.6 Å². The van der Waals surface area contributed by atoms with E-state index in [1.807, 2.05) is 0 Å². The van der Waals surface area contributed by atoms with Crippen LogP contribution in [0.4, 0.5) is 0 Å². The maximum Gasteiger partial charge on any atom is 0.336 e. The first kappa shape index (κ1) is 21.1. The molecule has 0 unspecified atom stereocenters. The maximum absolute atomic E-state index is 12.5. The Hall–Kier alpha value is -3.61. The second kappa shape index (κ2) is 9.26. The summed E-state index contributed by atoms with van der Waals surface area (Å²) in [5.74, 6) is 0.0894. The van der Waals surface area contributed by atoms with Crippen molar-refractivity contribution in [1.82, 2.24) is 0 Å².